The molecule has 1 aromatic heterocycles. The van der Waals surface area contributed by atoms with Gasteiger partial charge in [0.1, 0.15) is 10.8 Å². The molecule has 1 aliphatic heterocycles. The molecule has 1 aliphatic rings. The number of ether oxygens (including phenoxy) is 1. The van der Waals surface area contributed by atoms with E-state index in [4.69, 9.17) is 27.9 Å². The summed E-state index contributed by atoms with van der Waals surface area (Å²) < 4.78 is 4.99. The van der Waals surface area contributed by atoms with Crippen LogP contribution in [0, 0.1) is 0 Å². The summed E-state index contributed by atoms with van der Waals surface area (Å²) in [6.07, 6.45) is -1.35. The van der Waals surface area contributed by atoms with Crippen molar-refractivity contribution in [1.29, 1.82) is 0 Å². The largest absolute Gasteiger partial charge is 0.430 e. The molecule has 0 bridgehead atoms. The van der Waals surface area contributed by atoms with E-state index in [0.717, 1.165) is 0 Å². The number of esters is 1. The van der Waals surface area contributed by atoms with E-state index in [0.29, 0.717) is 27.7 Å². The Morgan fingerprint density at radius 1 is 1.21 bits per heavy atom. The van der Waals surface area contributed by atoms with Crippen molar-refractivity contribution in [2.45, 2.75) is 13.2 Å². The van der Waals surface area contributed by atoms with E-state index in [2.05, 4.69) is 15.3 Å². The number of benzene rings is 1. The average molecular weight is 364 g/mol. The first-order valence-electron chi connectivity index (χ1n) is 6.93. The summed E-state index contributed by atoms with van der Waals surface area (Å²) in [5.41, 5.74) is 1.60. The lowest BCUT2D eigenvalue weighted by Crippen LogP contribution is -2.29. The normalized spacial score (nSPS) is 16.5. The van der Waals surface area contributed by atoms with Crippen molar-refractivity contribution in [3.63, 3.8) is 0 Å². The molecule has 122 valence electrons. The number of pyridine rings is 1. The van der Waals surface area contributed by atoms with Crippen LogP contribution >= 0.6 is 23.2 Å². The number of aliphatic imine (C=N–C) groups is 1. The molecule has 24 heavy (non-hydrogen) atoms. The Balaban J connectivity index is 2.23. The number of hydrogen-bond donors (Lipinski definition) is 1. The molecule has 6 nitrogen and oxygen atoms in total. The minimum Gasteiger partial charge on any atom is -0.430 e. The minimum absolute atomic E-state index is 0.230. The van der Waals surface area contributed by atoms with Crippen molar-refractivity contribution < 1.29 is 14.3 Å². The highest BCUT2D eigenvalue weighted by atomic mass is 35.5. The van der Waals surface area contributed by atoms with Crippen molar-refractivity contribution in [1.82, 2.24) is 4.98 Å². The zero-order valence-corrected chi connectivity index (χ0v) is 13.9. The van der Waals surface area contributed by atoms with Crippen molar-refractivity contribution in [2.75, 3.05) is 5.32 Å². The van der Waals surface area contributed by atoms with E-state index in [1.54, 1.807) is 30.3 Å². The van der Waals surface area contributed by atoms with Crippen LogP contribution in [-0.2, 0) is 14.3 Å². The number of fused-ring (bicyclic) bond motifs is 1. The molecule has 0 saturated heterocycles. The second-order valence-electron chi connectivity index (χ2n) is 4.94. The topological polar surface area (TPSA) is 80.7 Å². The van der Waals surface area contributed by atoms with Crippen LogP contribution in [0.25, 0.3) is 0 Å². The number of halogens is 2. The van der Waals surface area contributed by atoms with Gasteiger partial charge in [0.2, 0.25) is 0 Å². The number of nitrogens with zero attached hydrogens (tertiary/aromatic N) is 2. The van der Waals surface area contributed by atoms with Crippen molar-refractivity contribution >= 4 is 46.5 Å². The third-order valence-electron chi connectivity index (χ3n) is 3.22. The van der Waals surface area contributed by atoms with Gasteiger partial charge >= 0.3 is 5.97 Å². The van der Waals surface area contributed by atoms with Crippen molar-refractivity contribution in [3.05, 3.63) is 57.8 Å². The Morgan fingerprint density at radius 3 is 2.67 bits per heavy atom. The second kappa shape index (κ2) is 6.59. The molecule has 0 fully saturated rings. The number of carbonyl (C=O) groups is 2. The highest BCUT2D eigenvalue weighted by Crippen LogP contribution is 2.27. The quantitative estimate of drug-likeness (QED) is 0.656. The van der Waals surface area contributed by atoms with E-state index in [1.807, 2.05) is 0 Å². The van der Waals surface area contributed by atoms with Crippen LogP contribution in [0.4, 0.5) is 5.69 Å². The number of anilines is 1. The van der Waals surface area contributed by atoms with Gasteiger partial charge in [0, 0.05) is 12.5 Å². The molecule has 1 aromatic carbocycles. The highest BCUT2D eigenvalue weighted by Gasteiger charge is 2.29. The summed E-state index contributed by atoms with van der Waals surface area (Å²) in [4.78, 5) is 32.1. The summed E-state index contributed by atoms with van der Waals surface area (Å²) >= 11 is 12.2. The Kier molecular flexibility index (Phi) is 4.51. The van der Waals surface area contributed by atoms with E-state index in [1.165, 1.54) is 13.0 Å². The number of nitrogens with one attached hydrogen (secondary N) is 1. The molecule has 0 aliphatic carbocycles. The van der Waals surface area contributed by atoms with Crippen molar-refractivity contribution in [2.24, 2.45) is 4.99 Å². The van der Waals surface area contributed by atoms with Gasteiger partial charge < -0.3 is 10.1 Å². The van der Waals surface area contributed by atoms with Crippen LogP contribution < -0.4 is 5.32 Å². The molecular formula is C16H11Cl2N3O3. The van der Waals surface area contributed by atoms with E-state index in [-0.39, 0.29) is 5.15 Å². The maximum absolute atomic E-state index is 12.3. The summed E-state index contributed by atoms with van der Waals surface area (Å²) in [5.74, 6) is -1.22. The monoisotopic (exact) mass is 363 g/mol. The van der Waals surface area contributed by atoms with Gasteiger partial charge in [-0.05, 0) is 18.2 Å². The molecule has 0 saturated carbocycles. The Labute approximate surface area is 147 Å². The fraction of sp³-hybridized carbons (Fsp3) is 0.125. The SMILES string of the molecule is CC(=O)OC1N=C(c2ccccc2Cl)c2nc(Cl)ccc2NC1=O. The van der Waals surface area contributed by atoms with Crippen molar-refractivity contribution in [3.8, 4) is 0 Å². The third-order valence-corrected chi connectivity index (χ3v) is 3.76. The minimum atomic E-state index is -1.35. The van der Waals surface area contributed by atoms with Gasteiger partial charge in [0.25, 0.3) is 12.1 Å². The summed E-state index contributed by atoms with van der Waals surface area (Å²) in [5, 5.41) is 3.28. The maximum Gasteiger partial charge on any atom is 0.305 e. The molecule has 0 spiro atoms. The Morgan fingerprint density at radius 2 is 1.96 bits per heavy atom. The average Bonchev–Trinajstić information content (AvgIpc) is 2.65. The highest BCUT2D eigenvalue weighted by molar-refractivity contribution is 6.36. The summed E-state index contributed by atoms with van der Waals surface area (Å²) in [6.45, 7) is 1.20. The lowest BCUT2D eigenvalue weighted by Gasteiger charge is -2.11. The summed E-state index contributed by atoms with van der Waals surface area (Å²) in [7, 11) is 0. The van der Waals surface area contributed by atoms with Crippen LogP contribution in [0.3, 0.4) is 0 Å². The molecule has 1 unspecified atom stereocenters. The van der Waals surface area contributed by atoms with Crippen LogP contribution in [0.15, 0.2) is 41.4 Å². The number of aromatic nitrogens is 1. The Hall–Kier alpha value is -2.44. The van der Waals surface area contributed by atoms with Gasteiger partial charge in [-0.25, -0.2) is 9.98 Å². The van der Waals surface area contributed by atoms with Gasteiger partial charge in [-0.3, -0.25) is 9.59 Å². The molecule has 1 N–H and O–H groups in total. The third kappa shape index (κ3) is 3.25. The smallest absolute Gasteiger partial charge is 0.305 e. The number of carbonyl (C=O) groups excluding carboxylic acids is 2. The number of hydrogen-bond acceptors (Lipinski definition) is 5. The molecule has 8 heteroatoms. The molecule has 0 radical (unpaired) electrons. The van der Waals surface area contributed by atoms with E-state index < -0.39 is 18.1 Å². The molecular weight excluding hydrogens is 353 g/mol. The van der Waals surface area contributed by atoms with Gasteiger partial charge in [-0.2, -0.15) is 0 Å². The lowest BCUT2D eigenvalue weighted by atomic mass is 10.1. The van der Waals surface area contributed by atoms with E-state index in [9.17, 15) is 9.59 Å². The zero-order chi connectivity index (χ0) is 17.3. The fourth-order valence-corrected chi connectivity index (χ4v) is 2.61. The van der Waals surface area contributed by atoms with Gasteiger partial charge in [0.05, 0.1) is 16.4 Å². The first-order valence-corrected chi connectivity index (χ1v) is 7.69. The molecule has 2 aromatic rings. The lowest BCUT2D eigenvalue weighted by molar-refractivity contribution is -0.151. The molecule has 2 heterocycles. The zero-order valence-electron chi connectivity index (χ0n) is 12.4. The van der Waals surface area contributed by atoms with Gasteiger partial charge in [0.15, 0.2) is 0 Å². The van der Waals surface area contributed by atoms with Crippen LogP contribution in [0.5, 0.6) is 0 Å². The van der Waals surface area contributed by atoms with Gasteiger partial charge in [-0.1, -0.05) is 41.4 Å². The van der Waals surface area contributed by atoms with Crippen LogP contribution in [-0.4, -0.2) is 28.8 Å². The molecule has 1 atom stereocenters. The molecule has 1 amide bonds. The first kappa shape index (κ1) is 16.4. The predicted octanol–water partition coefficient (Wildman–Crippen LogP) is 3.07. The maximum atomic E-state index is 12.3. The number of rotatable bonds is 2. The van der Waals surface area contributed by atoms with Crippen LogP contribution in [0.2, 0.25) is 10.2 Å². The predicted molar refractivity (Wildman–Crippen MR) is 90.5 cm³/mol. The number of amides is 1. The second-order valence-corrected chi connectivity index (χ2v) is 5.73. The molecule has 3 rings (SSSR count). The Bertz CT molecular complexity index is 867. The first-order chi connectivity index (χ1) is 11.5. The standard InChI is InChI=1S/C16H11Cl2N3O3/c1-8(22)24-16-15(23)19-11-6-7-12(18)20-14(11)13(21-16)9-4-2-3-5-10(9)17/h2-7,16H,1H3,(H,19,23). The summed E-state index contributed by atoms with van der Waals surface area (Å²) in [6, 6.07) is 10.1. The van der Waals surface area contributed by atoms with E-state index >= 15 is 0 Å². The fourth-order valence-electron chi connectivity index (χ4n) is 2.24. The van der Waals surface area contributed by atoms with Gasteiger partial charge in [-0.15, -0.1) is 0 Å². The van der Waals surface area contributed by atoms with Crippen LogP contribution in [0.1, 0.15) is 18.2 Å².